The maximum atomic E-state index is 12.0. The zero-order valence-electron chi connectivity index (χ0n) is 14.1. The van der Waals surface area contributed by atoms with Gasteiger partial charge in [-0.15, -0.1) is 0 Å². The Kier molecular flexibility index (Phi) is 6.57. The number of anilines is 1. The van der Waals surface area contributed by atoms with Crippen LogP contribution in [0.2, 0.25) is 5.02 Å². The largest absolute Gasteiger partial charge is 0.482 e. The third-order valence-corrected chi connectivity index (χ3v) is 4.23. The van der Waals surface area contributed by atoms with Gasteiger partial charge in [-0.1, -0.05) is 45.7 Å². The molecule has 0 unspecified atom stereocenters. The number of carbonyl (C=O) groups is 1. The molecule has 0 aliphatic carbocycles. The molecule has 0 aliphatic rings. The average Bonchev–Trinajstić information content (AvgIpc) is 2.67. The lowest BCUT2D eigenvalue weighted by molar-refractivity contribution is -0.118. The van der Waals surface area contributed by atoms with Gasteiger partial charge in [-0.3, -0.25) is 4.79 Å². The second kappa shape index (κ2) is 9.30. The second-order valence-electron chi connectivity index (χ2n) is 5.49. The van der Waals surface area contributed by atoms with E-state index in [1.807, 2.05) is 30.3 Å². The van der Waals surface area contributed by atoms with Crippen molar-refractivity contribution in [3.05, 3.63) is 82.3 Å². The van der Waals surface area contributed by atoms with Crippen molar-refractivity contribution in [2.24, 2.45) is 10.2 Å². The zero-order valence-corrected chi connectivity index (χ0v) is 16.4. The smallest absolute Gasteiger partial charge is 0.262 e. The first-order chi connectivity index (χ1) is 13.1. The summed E-state index contributed by atoms with van der Waals surface area (Å²) >= 11 is 9.38. The average molecular weight is 445 g/mol. The Hall–Kier alpha value is -2.70. The topological polar surface area (TPSA) is 63.0 Å². The fourth-order valence-electron chi connectivity index (χ4n) is 2.15. The molecule has 0 aromatic heterocycles. The number of ether oxygens (including phenoxy) is 1. The van der Waals surface area contributed by atoms with Crippen molar-refractivity contribution in [3.8, 4) is 5.75 Å². The van der Waals surface area contributed by atoms with E-state index in [-0.39, 0.29) is 12.5 Å². The summed E-state index contributed by atoms with van der Waals surface area (Å²) in [7, 11) is 0. The molecule has 3 rings (SSSR count). The molecule has 0 aliphatic heterocycles. The van der Waals surface area contributed by atoms with E-state index < -0.39 is 0 Å². The van der Waals surface area contributed by atoms with Gasteiger partial charge in [0.2, 0.25) is 0 Å². The van der Waals surface area contributed by atoms with Crippen LogP contribution in [0.4, 0.5) is 17.1 Å². The van der Waals surface area contributed by atoms with Gasteiger partial charge in [0.15, 0.2) is 6.61 Å². The number of benzene rings is 3. The van der Waals surface area contributed by atoms with E-state index in [0.29, 0.717) is 22.1 Å². The van der Waals surface area contributed by atoms with Crippen LogP contribution in [0, 0.1) is 0 Å². The van der Waals surface area contributed by atoms with Crippen LogP contribution >= 0.6 is 27.5 Å². The summed E-state index contributed by atoms with van der Waals surface area (Å²) in [6.45, 7) is -0.142. The Labute approximate surface area is 170 Å². The van der Waals surface area contributed by atoms with Gasteiger partial charge in [0, 0.05) is 10.2 Å². The van der Waals surface area contributed by atoms with Crippen LogP contribution in [0.25, 0.3) is 0 Å². The van der Waals surface area contributed by atoms with Gasteiger partial charge in [0.25, 0.3) is 5.91 Å². The molecule has 0 spiro atoms. The first-order valence-corrected chi connectivity index (χ1v) is 9.22. The van der Waals surface area contributed by atoms with E-state index >= 15 is 0 Å². The first-order valence-electron chi connectivity index (χ1n) is 8.05. The Morgan fingerprint density at radius 2 is 1.63 bits per heavy atom. The van der Waals surface area contributed by atoms with Gasteiger partial charge in [-0.2, -0.15) is 10.2 Å². The molecule has 0 fully saturated rings. The summed E-state index contributed by atoms with van der Waals surface area (Å²) in [6, 6.07) is 21.7. The highest BCUT2D eigenvalue weighted by Gasteiger charge is 2.07. The molecule has 0 radical (unpaired) electrons. The van der Waals surface area contributed by atoms with Crippen molar-refractivity contribution in [1.29, 1.82) is 0 Å². The number of halogens is 2. The first kappa shape index (κ1) is 19.1. The van der Waals surface area contributed by atoms with Crippen LogP contribution in [0.1, 0.15) is 0 Å². The van der Waals surface area contributed by atoms with Gasteiger partial charge in [0.1, 0.15) is 5.75 Å². The third kappa shape index (κ3) is 5.91. The lowest BCUT2D eigenvalue weighted by Gasteiger charge is -2.09. The number of nitrogens with zero attached hydrogens (tertiary/aromatic N) is 2. The van der Waals surface area contributed by atoms with Crippen molar-refractivity contribution in [2.45, 2.75) is 0 Å². The predicted octanol–water partition coefficient (Wildman–Crippen LogP) is 6.54. The number of nitrogens with one attached hydrogen (secondary N) is 1. The number of hydrogen-bond donors (Lipinski definition) is 1. The molecule has 0 bridgehead atoms. The minimum absolute atomic E-state index is 0.142. The molecule has 0 saturated heterocycles. The molecule has 3 aromatic rings. The summed E-state index contributed by atoms with van der Waals surface area (Å²) in [5.74, 6) is 0.166. The van der Waals surface area contributed by atoms with Crippen LogP contribution in [0.3, 0.4) is 0 Å². The number of azo groups is 1. The molecule has 1 N–H and O–H groups in total. The van der Waals surface area contributed by atoms with E-state index in [1.165, 1.54) is 0 Å². The summed E-state index contributed by atoms with van der Waals surface area (Å²) in [6.07, 6.45) is 0. The molecule has 3 aromatic carbocycles. The quantitative estimate of drug-likeness (QED) is 0.439. The van der Waals surface area contributed by atoms with Crippen molar-refractivity contribution >= 4 is 50.5 Å². The highest BCUT2D eigenvalue weighted by atomic mass is 79.9. The Morgan fingerprint density at radius 3 is 2.30 bits per heavy atom. The third-order valence-electron chi connectivity index (χ3n) is 3.44. The van der Waals surface area contributed by atoms with Crippen molar-refractivity contribution < 1.29 is 9.53 Å². The normalized spacial score (nSPS) is 10.7. The number of rotatable bonds is 6. The highest BCUT2D eigenvalue weighted by Crippen LogP contribution is 2.27. The Morgan fingerprint density at radius 1 is 0.963 bits per heavy atom. The molecule has 0 saturated carbocycles. The van der Waals surface area contributed by atoms with E-state index in [2.05, 4.69) is 31.5 Å². The molecule has 1 amide bonds. The van der Waals surface area contributed by atoms with Crippen LogP contribution < -0.4 is 10.1 Å². The van der Waals surface area contributed by atoms with Crippen LogP contribution in [-0.4, -0.2) is 12.5 Å². The van der Waals surface area contributed by atoms with E-state index in [4.69, 9.17) is 16.3 Å². The summed E-state index contributed by atoms with van der Waals surface area (Å²) in [5, 5.41) is 11.5. The minimum atomic E-state index is -0.285. The number of carbonyl (C=O) groups excluding carboxylic acids is 1. The molecule has 27 heavy (non-hydrogen) atoms. The van der Waals surface area contributed by atoms with Crippen LogP contribution in [0.5, 0.6) is 5.75 Å². The van der Waals surface area contributed by atoms with E-state index in [0.717, 1.165) is 10.2 Å². The Balaban J connectivity index is 1.53. The SMILES string of the molecule is O=C(COc1ccc(Br)cc1Cl)Nc1ccc(N=Nc2ccccc2)cc1. The second-order valence-corrected chi connectivity index (χ2v) is 6.82. The van der Waals surface area contributed by atoms with Crippen LogP contribution in [0.15, 0.2) is 87.5 Å². The maximum Gasteiger partial charge on any atom is 0.262 e. The predicted molar refractivity (Wildman–Crippen MR) is 110 cm³/mol. The fourth-order valence-corrected chi connectivity index (χ4v) is 2.88. The lowest BCUT2D eigenvalue weighted by Crippen LogP contribution is -2.20. The van der Waals surface area contributed by atoms with Gasteiger partial charge < -0.3 is 10.1 Å². The molecule has 136 valence electrons. The van der Waals surface area contributed by atoms with Gasteiger partial charge in [0.05, 0.1) is 16.4 Å². The highest BCUT2D eigenvalue weighted by molar-refractivity contribution is 9.10. The molecule has 7 heteroatoms. The standard InChI is InChI=1S/C20H15BrClN3O2/c21-14-6-11-19(18(22)12-14)27-13-20(26)23-15-7-9-17(10-8-15)25-24-16-4-2-1-3-5-16/h1-12H,13H2,(H,23,26). The summed E-state index contributed by atoms with van der Waals surface area (Å²) < 4.78 is 6.28. The number of amides is 1. The lowest BCUT2D eigenvalue weighted by atomic mass is 10.3. The summed E-state index contributed by atoms with van der Waals surface area (Å²) in [5.41, 5.74) is 2.11. The fraction of sp³-hybridized carbons (Fsp3) is 0.0500. The maximum absolute atomic E-state index is 12.0. The Bertz CT molecular complexity index is 947. The molecule has 0 atom stereocenters. The van der Waals surface area contributed by atoms with Gasteiger partial charge in [-0.05, 0) is 54.6 Å². The molecule has 5 nitrogen and oxygen atoms in total. The summed E-state index contributed by atoms with van der Waals surface area (Å²) in [4.78, 5) is 12.0. The number of hydrogen-bond acceptors (Lipinski definition) is 4. The van der Waals surface area contributed by atoms with Crippen molar-refractivity contribution in [3.63, 3.8) is 0 Å². The molecule has 0 heterocycles. The van der Waals surface area contributed by atoms with E-state index in [9.17, 15) is 4.79 Å². The van der Waals surface area contributed by atoms with Crippen molar-refractivity contribution in [2.75, 3.05) is 11.9 Å². The van der Waals surface area contributed by atoms with Gasteiger partial charge >= 0.3 is 0 Å². The van der Waals surface area contributed by atoms with Crippen LogP contribution in [-0.2, 0) is 4.79 Å². The monoisotopic (exact) mass is 443 g/mol. The van der Waals surface area contributed by atoms with E-state index in [1.54, 1.807) is 42.5 Å². The van der Waals surface area contributed by atoms with Crippen molar-refractivity contribution in [1.82, 2.24) is 0 Å². The zero-order chi connectivity index (χ0) is 19.1. The van der Waals surface area contributed by atoms with Gasteiger partial charge in [-0.25, -0.2) is 0 Å². The molecular weight excluding hydrogens is 430 g/mol. The molecular formula is C20H15BrClN3O2. The minimum Gasteiger partial charge on any atom is -0.482 e.